The molecule has 0 radical (unpaired) electrons. The van der Waals surface area contributed by atoms with Crippen molar-refractivity contribution in [2.75, 3.05) is 11.9 Å². The Hall–Kier alpha value is -2.56. The van der Waals surface area contributed by atoms with Gasteiger partial charge in [-0.15, -0.1) is 0 Å². The third-order valence-corrected chi connectivity index (χ3v) is 3.76. The van der Waals surface area contributed by atoms with Gasteiger partial charge in [0, 0.05) is 18.7 Å². The summed E-state index contributed by atoms with van der Waals surface area (Å²) in [5.41, 5.74) is 3.52. The van der Waals surface area contributed by atoms with E-state index in [1.165, 1.54) is 23.8 Å². The van der Waals surface area contributed by atoms with Crippen molar-refractivity contribution in [2.45, 2.75) is 25.7 Å². The van der Waals surface area contributed by atoms with Crippen LogP contribution < -0.4 is 10.6 Å². The van der Waals surface area contributed by atoms with E-state index in [1.807, 2.05) is 12.1 Å². The molecule has 1 aliphatic carbocycles. The number of anilines is 1. The largest absolute Gasteiger partial charge is 0.459 e. The monoisotopic (exact) mass is 298 g/mol. The molecule has 0 aliphatic heterocycles. The molecule has 2 aromatic rings. The highest BCUT2D eigenvalue weighted by atomic mass is 16.3. The van der Waals surface area contributed by atoms with Crippen molar-refractivity contribution in [1.29, 1.82) is 0 Å². The third kappa shape index (κ3) is 3.36. The van der Waals surface area contributed by atoms with Gasteiger partial charge in [0.15, 0.2) is 5.76 Å². The summed E-state index contributed by atoms with van der Waals surface area (Å²) in [5, 5.41) is 5.52. The Kier molecular flexibility index (Phi) is 4.23. The number of benzene rings is 1. The lowest BCUT2D eigenvalue weighted by atomic mass is 10.1. The Balaban J connectivity index is 1.45. The quantitative estimate of drug-likeness (QED) is 0.891. The molecule has 0 spiro atoms. The summed E-state index contributed by atoms with van der Waals surface area (Å²) < 4.78 is 4.98. The van der Waals surface area contributed by atoms with E-state index >= 15 is 0 Å². The molecule has 2 N–H and O–H groups in total. The molecular formula is C17H18N2O3. The molecule has 0 bridgehead atoms. The van der Waals surface area contributed by atoms with Gasteiger partial charge >= 0.3 is 0 Å². The maximum absolute atomic E-state index is 11.9. The highest BCUT2D eigenvalue weighted by Gasteiger charge is 2.12. The average molecular weight is 298 g/mol. The molecule has 5 heteroatoms. The van der Waals surface area contributed by atoms with Crippen molar-refractivity contribution in [1.82, 2.24) is 5.32 Å². The number of hydrogen-bond acceptors (Lipinski definition) is 3. The maximum atomic E-state index is 11.9. The molecule has 1 aromatic carbocycles. The summed E-state index contributed by atoms with van der Waals surface area (Å²) in [4.78, 5) is 23.5. The fourth-order valence-electron chi connectivity index (χ4n) is 2.66. The summed E-state index contributed by atoms with van der Waals surface area (Å²) in [6.07, 6.45) is 5.06. The van der Waals surface area contributed by atoms with Crippen LogP contribution >= 0.6 is 0 Å². The molecular weight excluding hydrogens is 280 g/mol. The van der Waals surface area contributed by atoms with E-state index in [1.54, 1.807) is 12.1 Å². The lowest BCUT2D eigenvalue weighted by Gasteiger charge is -2.08. The molecule has 2 amide bonds. The van der Waals surface area contributed by atoms with Crippen LogP contribution in [0.4, 0.5) is 5.69 Å². The predicted molar refractivity (Wildman–Crippen MR) is 82.8 cm³/mol. The SMILES string of the molecule is O=C(CCNC(=O)c1ccco1)Nc1ccc2c(c1)CCC2. The molecule has 0 saturated carbocycles. The number of hydrogen-bond donors (Lipinski definition) is 2. The first-order valence-electron chi connectivity index (χ1n) is 7.46. The maximum Gasteiger partial charge on any atom is 0.286 e. The number of aryl methyl sites for hydroxylation is 2. The van der Waals surface area contributed by atoms with Crippen molar-refractivity contribution in [3.63, 3.8) is 0 Å². The lowest BCUT2D eigenvalue weighted by molar-refractivity contribution is -0.116. The number of nitrogens with one attached hydrogen (secondary N) is 2. The number of rotatable bonds is 5. The Morgan fingerprint density at radius 2 is 2.00 bits per heavy atom. The van der Waals surface area contributed by atoms with Crippen LogP contribution in [0.3, 0.4) is 0 Å². The molecule has 22 heavy (non-hydrogen) atoms. The van der Waals surface area contributed by atoms with E-state index < -0.39 is 0 Å². The number of amides is 2. The van der Waals surface area contributed by atoms with Crippen molar-refractivity contribution in [3.8, 4) is 0 Å². The third-order valence-electron chi connectivity index (χ3n) is 3.76. The van der Waals surface area contributed by atoms with Gasteiger partial charge in [0.05, 0.1) is 6.26 Å². The van der Waals surface area contributed by atoms with Gasteiger partial charge in [0.25, 0.3) is 5.91 Å². The highest BCUT2D eigenvalue weighted by molar-refractivity contribution is 5.93. The first-order valence-corrected chi connectivity index (χ1v) is 7.46. The smallest absolute Gasteiger partial charge is 0.286 e. The van der Waals surface area contributed by atoms with Gasteiger partial charge in [-0.3, -0.25) is 9.59 Å². The second-order valence-electron chi connectivity index (χ2n) is 5.37. The van der Waals surface area contributed by atoms with Gasteiger partial charge in [0.1, 0.15) is 0 Å². The van der Waals surface area contributed by atoms with E-state index in [0.717, 1.165) is 18.5 Å². The van der Waals surface area contributed by atoms with Crippen molar-refractivity contribution < 1.29 is 14.0 Å². The first kappa shape index (κ1) is 14.4. The van der Waals surface area contributed by atoms with E-state index in [0.29, 0.717) is 0 Å². The molecule has 5 nitrogen and oxygen atoms in total. The van der Waals surface area contributed by atoms with Crippen LogP contribution in [0.5, 0.6) is 0 Å². The topological polar surface area (TPSA) is 71.3 Å². The minimum atomic E-state index is -0.310. The van der Waals surface area contributed by atoms with Crippen LogP contribution in [0.1, 0.15) is 34.5 Å². The van der Waals surface area contributed by atoms with E-state index in [4.69, 9.17) is 4.42 Å². The summed E-state index contributed by atoms with van der Waals surface area (Å²) in [7, 11) is 0. The fourth-order valence-corrected chi connectivity index (χ4v) is 2.66. The van der Waals surface area contributed by atoms with Gasteiger partial charge in [-0.2, -0.15) is 0 Å². The van der Waals surface area contributed by atoms with Gasteiger partial charge in [-0.25, -0.2) is 0 Å². The zero-order chi connectivity index (χ0) is 15.4. The predicted octanol–water partition coefficient (Wildman–Crippen LogP) is 2.53. The minimum Gasteiger partial charge on any atom is -0.459 e. The zero-order valence-corrected chi connectivity index (χ0v) is 12.2. The van der Waals surface area contributed by atoms with Gasteiger partial charge < -0.3 is 15.1 Å². The van der Waals surface area contributed by atoms with E-state index in [9.17, 15) is 9.59 Å². The summed E-state index contributed by atoms with van der Waals surface area (Å²) in [6, 6.07) is 9.29. The van der Waals surface area contributed by atoms with E-state index in [-0.39, 0.29) is 30.5 Å². The van der Waals surface area contributed by atoms with Crippen LogP contribution in [-0.2, 0) is 17.6 Å². The molecule has 114 valence electrons. The molecule has 3 rings (SSSR count). The Morgan fingerprint density at radius 1 is 1.14 bits per heavy atom. The van der Waals surface area contributed by atoms with Crippen molar-refractivity contribution in [3.05, 3.63) is 53.5 Å². The summed E-state index contributed by atoms with van der Waals surface area (Å²) in [6.45, 7) is 0.274. The van der Waals surface area contributed by atoms with Crippen LogP contribution in [-0.4, -0.2) is 18.4 Å². The van der Waals surface area contributed by atoms with Gasteiger partial charge in [0.2, 0.25) is 5.91 Å². The first-order chi connectivity index (χ1) is 10.7. The van der Waals surface area contributed by atoms with Crippen LogP contribution in [0.2, 0.25) is 0 Å². The van der Waals surface area contributed by atoms with Crippen LogP contribution in [0, 0.1) is 0 Å². The highest BCUT2D eigenvalue weighted by Crippen LogP contribution is 2.24. The number of furan rings is 1. The number of carbonyl (C=O) groups excluding carboxylic acids is 2. The molecule has 1 heterocycles. The Labute approximate surface area is 128 Å². The molecule has 1 aliphatic rings. The van der Waals surface area contributed by atoms with Gasteiger partial charge in [-0.1, -0.05) is 6.07 Å². The second-order valence-corrected chi connectivity index (χ2v) is 5.37. The standard InChI is InChI=1S/C17H18N2O3/c20-16(8-9-18-17(21)15-5-2-10-22-15)19-14-7-6-12-3-1-4-13(12)11-14/h2,5-7,10-11H,1,3-4,8-9H2,(H,18,21)(H,19,20). The van der Waals surface area contributed by atoms with Crippen molar-refractivity contribution >= 4 is 17.5 Å². The van der Waals surface area contributed by atoms with Crippen molar-refractivity contribution in [2.24, 2.45) is 0 Å². The lowest BCUT2D eigenvalue weighted by Crippen LogP contribution is -2.27. The molecule has 0 saturated heterocycles. The summed E-state index contributed by atoms with van der Waals surface area (Å²) >= 11 is 0. The minimum absolute atomic E-state index is 0.113. The number of fused-ring (bicyclic) bond motifs is 1. The fraction of sp³-hybridized carbons (Fsp3) is 0.294. The molecule has 0 fully saturated rings. The normalized spacial score (nSPS) is 12.7. The average Bonchev–Trinajstić information content (AvgIpc) is 3.18. The van der Waals surface area contributed by atoms with E-state index in [2.05, 4.69) is 16.7 Å². The number of carbonyl (C=O) groups is 2. The van der Waals surface area contributed by atoms with Gasteiger partial charge in [-0.05, 0) is 54.7 Å². The molecule has 0 unspecified atom stereocenters. The van der Waals surface area contributed by atoms with Crippen LogP contribution in [0.25, 0.3) is 0 Å². The Bertz CT molecular complexity index is 677. The Morgan fingerprint density at radius 3 is 2.82 bits per heavy atom. The van der Waals surface area contributed by atoms with Crippen LogP contribution in [0.15, 0.2) is 41.0 Å². The molecule has 0 atom stereocenters. The second kappa shape index (κ2) is 6.47. The summed E-state index contributed by atoms with van der Waals surface area (Å²) in [5.74, 6) is -0.174. The molecule has 1 aromatic heterocycles. The zero-order valence-electron chi connectivity index (χ0n) is 12.2.